The van der Waals surface area contributed by atoms with E-state index in [1.54, 1.807) is 11.3 Å². The first-order valence-electron chi connectivity index (χ1n) is 6.16. The van der Waals surface area contributed by atoms with E-state index in [1.165, 1.54) is 12.8 Å². The van der Waals surface area contributed by atoms with Gasteiger partial charge in [-0.1, -0.05) is 24.7 Å². The van der Waals surface area contributed by atoms with Gasteiger partial charge >= 0.3 is 0 Å². The largest absolute Gasteiger partial charge is 0.391 e. The monoisotopic (exact) mass is 240 g/mol. The first kappa shape index (κ1) is 11.9. The molecule has 90 valence electrons. The highest BCUT2D eigenvalue weighted by molar-refractivity contribution is 7.15. The summed E-state index contributed by atoms with van der Waals surface area (Å²) in [5.74, 6) is 0. The van der Waals surface area contributed by atoms with E-state index in [4.69, 9.17) is 0 Å². The van der Waals surface area contributed by atoms with Gasteiger partial charge in [0.15, 0.2) is 5.13 Å². The highest BCUT2D eigenvalue weighted by atomic mass is 32.1. The van der Waals surface area contributed by atoms with Crippen LogP contribution >= 0.6 is 11.3 Å². The Labute approximate surface area is 101 Å². The van der Waals surface area contributed by atoms with Crippen LogP contribution in [0.15, 0.2) is 0 Å². The van der Waals surface area contributed by atoms with Crippen molar-refractivity contribution in [1.82, 2.24) is 4.98 Å². The lowest BCUT2D eigenvalue weighted by molar-refractivity contribution is 0.284. The lowest BCUT2D eigenvalue weighted by atomic mass is 10.2. The van der Waals surface area contributed by atoms with Crippen molar-refractivity contribution in [3.8, 4) is 0 Å². The van der Waals surface area contributed by atoms with Crippen LogP contribution in [0.25, 0.3) is 0 Å². The van der Waals surface area contributed by atoms with Crippen molar-refractivity contribution >= 4 is 16.5 Å². The van der Waals surface area contributed by atoms with Crippen LogP contribution in [-0.2, 0) is 13.0 Å². The van der Waals surface area contributed by atoms with Crippen LogP contribution < -0.4 is 4.90 Å². The van der Waals surface area contributed by atoms with E-state index in [2.05, 4.69) is 23.7 Å². The molecule has 0 bridgehead atoms. The van der Waals surface area contributed by atoms with Crippen LogP contribution in [0.3, 0.4) is 0 Å². The molecule has 1 saturated carbocycles. The van der Waals surface area contributed by atoms with Crippen LogP contribution in [0.4, 0.5) is 5.13 Å². The van der Waals surface area contributed by atoms with Crippen LogP contribution in [0.5, 0.6) is 0 Å². The minimum atomic E-state index is 0.134. The van der Waals surface area contributed by atoms with Gasteiger partial charge in [0.2, 0.25) is 0 Å². The van der Waals surface area contributed by atoms with E-state index in [9.17, 15) is 5.11 Å². The van der Waals surface area contributed by atoms with Gasteiger partial charge in [-0.15, -0.1) is 0 Å². The molecule has 1 N–H and O–H groups in total. The van der Waals surface area contributed by atoms with Crippen molar-refractivity contribution in [3.05, 3.63) is 10.6 Å². The average Bonchev–Trinajstić information content (AvgIpc) is 3.03. The van der Waals surface area contributed by atoms with Gasteiger partial charge in [0.05, 0.1) is 17.2 Å². The second-order valence-corrected chi connectivity index (χ2v) is 5.35. The Bertz CT molecular complexity index is 347. The summed E-state index contributed by atoms with van der Waals surface area (Å²) in [5.41, 5.74) is 1.10. The molecule has 0 spiro atoms. The van der Waals surface area contributed by atoms with Crippen molar-refractivity contribution in [2.75, 3.05) is 11.4 Å². The Morgan fingerprint density at radius 2 is 2.19 bits per heavy atom. The predicted octanol–water partition coefficient (Wildman–Crippen LogP) is 2.58. The van der Waals surface area contributed by atoms with Crippen molar-refractivity contribution in [1.29, 1.82) is 0 Å². The van der Waals surface area contributed by atoms with Gasteiger partial charge in [-0.05, 0) is 26.2 Å². The third-order valence-corrected chi connectivity index (χ3v) is 4.09. The molecule has 2 rings (SSSR count). The number of nitrogens with zero attached hydrogens (tertiary/aromatic N) is 2. The second kappa shape index (κ2) is 5.15. The van der Waals surface area contributed by atoms with Crippen molar-refractivity contribution < 1.29 is 5.11 Å². The Morgan fingerprint density at radius 3 is 2.69 bits per heavy atom. The summed E-state index contributed by atoms with van der Waals surface area (Å²) in [7, 11) is 0. The summed E-state index contributed by atoms with van der Waals surface area (Å²) < 4.78 is 0. The van der Waals surface area contributed by atoms with Crippen LogP contribution in [0.2, 0.25) is 0 Å². The van der Waals surface area contributed by atoms with E-state index in [-0.39, 0.29) is 6.61 Å². The minimum Gasteiger partial charge on any atom is -0.391 e. The number of aryl methyl sites for hydroxylation is 1. The smallest absolute Gasteiger partial charge is 0.186 e. The molecule has 0 amide bonds. The standard InChI is InChI=1S/C12H20N2OS/c1-3-5-10-11(8-15)16-12(13-10)14(4-2)9-6-7-9/h9,15H,3-8H2,1-2H3. The van der Waals surface area contributed by atoms with Gasteiger partial charge in [0.1, 0.15) is 0 Å². The molecular formula is C12H20N2OS. The fourth-order valence-corrected chi connectivity index (χ4v) is 3.09. The fraction of sp³-hybridized carbons (Fsp3) is 0.750. The first-order valence-corrected chi connectivity index (χ1v) is 6.97. The number of aromatic nitrogens is 1. The van der Waals surface area contributed by atoms with E-state index < -0.39 is 0 Å². The summed E-state index contributed by atoms with van der Waals surface area (Å²) >= 11 is 1.67. The van der Waals surface area contributed by atoms with E-state index in [1.807, 2.05) is 0 Å². The molecule has 3 nitrogen and oxygen atoms in total. The molecule has 4 heteroatoms. The topological polar surface area (TPSA) is 36.4 Å². The van der Waals surface area contributed by atoms with Crippen molar-refractivity contribution in [2.45, 2.75) is 52.2 Å². The molecule has 1 aromatic rings. The molecule has 1 fully saturated rings. The fourth-order valence-electron chi connectivity index (χ4n) is 1.98. The molecule has 0 unspecified atom stereocenters. The van der Waals surface area contributed by atoms with Gasteiger partial charge < -0.3 is 10.0 Å². The Hall–Kier alpha value is -0.610. The molecule has 0 saturated heterocycles. The zero-order valence-corrected chi connectivity index (χ0v) is 10.9. The summed E-state index contributed by atoms with van der Waals surface area (Å²) in [6.07, 6.45) is 4.66. The summed E-state index contributed by atoms with van der Waals surface area (Å²) in [4.78, 5) is 8.12. The summed E-state index contributed by atoms with van der Waals surface area (Å²) in [6, 6.07) is 0.706. The molecule has 0 aromatic carbocycles. The Morgan fingerprint density at radius 1 is 1.44 bits per heavy atom. The predicted molar refractivity (Wildman–Crippen MR) is 68.1 cm³/mol. The lowest BCUT2D eigenvalue weighted by Crippen LogP contribution is -2.24. The molecule has 1 heterocycles. The number of aliphatic hydroxyl groups is 1. The van der Waals surface area contributed by atoms with Crippen LogP contribution in [-0.4, -0.2) is 22.7 Å². The van der Waals surface area contributed by atoms with Crippen LogP contribution in [0.1, 0.15) is 43.7 Å². The van der Waals surface area contributed by atoms with E-state index in [0.717, 1.165) is 35.1 Å². The highest BCUT2D eigenvalue weighted by Crippen LogP contribution is 2.35. The lowest BCUT2D eigenvalue weighted by Gasteiger charge is -2.18. The van der Waals surface area contributed by atoms with Crippen LogP contribution in [0, 0.1) is 0 Å². The van der Waals surface area contributed by atoms with Crippen molar-refractivity contribution in [2.24, 2.45) is 0 Å². The number of rotatable bonds is 6. The molecule has 0 radical (unpaired) electrons. The Balaban J connectivity index is 2.19. The summed E-state index contributed by atoms with van der Waals surface area (Å²) in [5, 5.41) is 10.4. The maximum absolute atomic E-state index is 9.32. The maximum atomic E-state index is 9.32. The van der Waals surface area contributed by atoms with E-state index in [0.29, 0.717) is 6.04 Å². The first-order chi connectivity index (χ1) is 7.80. The number of thiazole rings is 1. The SMILES string of the molecule is CCCc1nc(N(CC)C2CC2)sc1CO. The Kier molecular flexibility index (Phi) is 3.82. The van der Waals surface area contributed by atoms with Gasteiger partial charge in [0.25, 0.3) is 0 Å². The third kappa shape index (κ3) is 2.38. The quantitative estimate of drug-likeness (QED) is 0.830. The number of hydrogen-bond acceptors (Lipinski definition) is 4. The molecule has 1 aliphatic rings. The molecule has 0 aliphatic heterocycles. The third-order valence-electron chi connectivity index (χ3n) is 2.97. The van der Waals surface area contributed by atoms with Gasteiger partial charge in [0, 0.05) is 12.6 Å². The zero-order chi connectivity index (χ0) is 11.5. The number of hydrogen-bond donors (Lipinski definition) is 1. The number of aliphatic hydroxyl groups excluding tert-OH is 1. The molecule has 0 atom stereocenters. The molecule has 1 aromatic heterocycles. The summed E-state index contributed by atoms with van der Waals surface area (Å²) in [6.45, 7) is 5.49. The highest BCUT2D eigenvalue weighted by Gasteiger charge is 2.30. The molecule has 1 aliphatic carbocycles. The zero-order valence-electron chi connectivity index (χ0n) is 10.1. The molecule has 16 heavy (non-hydrogen) atoms. The normalized spacial score (nSPS) is 15.4. The maximum Gasteiger partial charge on any atom is 0.186 e. The van der Waals surface area contributed by atoms with Gasteiger partial charge in [-0.3, -0.25) is 0 Å². The average molecular weight is 240 g/mol. The number of anilines is 1. The molecular weight excluding hydrogens is 220 g/mol. The van der Waals surface area contributed by atoms with Gasteiger partial charge in [-0.25, -0.2) is 4.98 Å². The second-order valence-electron chi connectivity index (χ2n) is 4.29. The van der Waals surface area contributed by atoms with E-state index >= 15 is 0 Å². The van der Waals surface area contributed by atoms with Gasteiger partial charge in [-0.2, -0.15) is 0 Å². The van der Waals surface area contributed by atoms with Crippen molar-refractivity contribution in [3.63, 3.8) is 0 Å². The minimum absolute atomic E-state index is 0.134.